The van der Waals surface area contributed by atoms with Crippen molar-refractivity contribution in [3.8, 4) is 0 Å². The van der Waals surface area contributed by atoms with Crippen LogP contribution in [0.15, 0.2) is 24.3 Å². The first-order valence-electron chi connectivity index (χ1n) is 5.03. The van der Waals surface area contributed by atoms with Gasteiger partial charge in [-0.3, -0.25) is 4.68 Å². The van der Waals surface area contributed by atoms with Crippen molar-refractivity contribution in [1.29, 1.82) is 0 Å². The van der Waals surface area contributed by atoms with Crippen LogP contribution in [0.1, 0.15) is 12.6 Å². The zero-order valence-electron chi connectivity index (χ0n) is 8.59. The molecule has 15 heavy (non-hydrogen) atoms. The maximum absolute atomic E-state index is 8.95. The molecule has 0 unspecified atom stereocenters. The first-order valence-corrected chi connectivity index (χ1v) is 5.03. The van der Waals surface area contributed by atoms with Crippen molar-refractivity contribution < 1.29 is 10.0 Å². The van der Waals surface area contributed by atoms with E-state index in [0.717, 1.165) is 23.1 Å². The molecule has 0 saturated heterocycles. The largest absolute Gasteiger partial charge is 0.457 e. The molecule has 1 heterocycles. The molecule has 2 aromatic rings. The third-order valence-corrected chi connectivity index (χ3v) is 2.41. The number of hydrogen-bond acceptors (Lipinski definition) is 3. The first-order chi connectivity index (χ1) is 7.22. The number of aryl methyl sites for hydroxylation is 1. The zero-order chi connectivity index (χ0) is 10.8. The maximum Gasteiger partial charge on any atom is 0.457 e. The highest BCUT2D eigenvalue weighted by molar-refractivity contribution is 6.40. The highest BCUT2D eigenvalue weighted by atomic mass is 16.4. The monoisotopic (exact) mass is 204 g/mol. The van der Waals surface area contributed by atoms with Crippen LogP contribution in [-0.2, 0) is 12.9 Å². The standard InChI is InChI=1S/C10H13BN2O2/c1-2-13-10-6-4-3-5-8(10)9(12-13)7-11(14)15/h3-6,14-15H,2,7H2,1H3. The molecule has 2 rings (SSSR count). The molecule has 78 valence electrons. The van der Waals surface area contributed by atoms with Gasteiger partial charge in [-0.05, 0) is 13.0 Å². The van der Waals surface area contributed by atoms with Gasteiger partial charge in [0.1, 0.15) is 0 Å². The minimum Gasteiger partial charge on any atom is -0.427 e. The Balaban J connectivity index is 2.55. The molecule has 1 aromatic carbocycles. The Hall–Kier alpha value is -1.33. The van der Waals surface area contributed by atoms with Crippen LogP contribution in [-0.4, -0.2) is 26.9 Å². The van der Waals surface area contributed by atoms with Crippen LogP contribution < -0.4 is 0 Å². The Kier molecular flexibility index (Phi) is 2.75. The zero-order valence-corrected chi connectivity index (χ0v) is 8.59. The second kappa shape index (κ2) is 4.04. The van der Waals surface area contributed by atoms with E-state index in [1.54, 1.807) is 0 Å². The van der Waals surface area contributed by atoms with Crippen LogP contribution >= 0.6 is 0 Å². The summed E-state index contributed by atoms with van der Waals surface area (Å²) in [6, 6.07) is 7.82. The number of para-hydroxylation sites is 1. The van der Waals surface area contributed by atoms with Gasteiger partial charge in [-0.2, -0.15) is 5.10 Å². The van der Waals surface area contributed by atoms with Gasteiger partial charge in [0.05, 0.1) is 11.2 Å². The molecule has 0 aliphatic rings. The quantitative estimate of drug-likeness (QED) is 0.720. The normalized spacial score (nSPS) is 10.9. The van der Waals surface area contributed by atoms with E-state index in [1.807, 2.05) is 35.9 Å². The van der Waals surface area contributed by atoms with E-state index in [0.29, 0.717) is 0 Å². The average Bonchev–Trinajstić information content (AvgIpc) is 2.56. The molecule has 0 amide bonds. The smallest absolute Gasteiger partial charge is 0.427 e. The second-order valence-electron chi connectivity index (χ2n) is 3.46. The van der Waals surface area contributed by atoms with Gasteiger partial charge < -0.3 is 10.0 Å². The lowest BCUT2D eigenvalue weighted by Crippen LogP contribution is -2.16. The van der Waals surface area contributed by atoms with Crippen molar-refractivity contribution in [2.24, 2.45) is 0 Å². The van der Waals surface area contributed by atoms with E-state index in [9.17, 15) is 0 Å². The van der Waals surface area contributed by atoms with Crippen LogP contribution in [0.5, 0.6) is 0 Å². The highest BCUT2D eigenvalue weighted by Gasteiger charge is 2.15. The van der Waals surface area contributed by atoms with E-state index in [-0.39, 0.29) is 6.32 Å². The van der Waals surface area contributed by atoms with Crippen LogP contribution in [0, 0.1) is 0 Å². The lowest BCUT2D eigenvalue weighted by molar-refractivity contribution is 0.404. The van der Waals surface area contributed by atoms with Crippen molar-refractivity contribution in [3.05, 3.63) is 30.0 Å². The third-order valence-electron chi connectivity index (χ3n) is 2.41. The minimum atomic E-state index is -1.34. The molecule has 0 aliphatic carbocycles. The van der Waals surface area contributed by atoms with Crippen molar-refractivity contribution in [2.45, 2.75) is 19.8 Å². The summed E-state index contributed by atoms with van der Waals surface area (Å²) in [5.74, 6) is 0. The molecule has 4 nitrogen and oxygen atoms in total. The molecule has 1 aromatic heterocycles. The van der Waals surface area contributed by atoms with Gasteiger partial charge in [0.2, 0.25) is 0 Å². The molecular formula is C10H13BN2O2. The van der Waals surface area contributed by atoms with Crippen LogP contribution in [0.25, 0.3) is 10.9 Å². The minimum absolute atomic E-state index is 0.174. The Morgan fingerprint density at radius 1 is 1.33 bits per heavy atom. The lowest BCUT2D eigenvalue weighted by atomic mass is 9.83. The highest BCUT2D eigenvalue weighted by Crippen LogP contribution is 2.18. The summed E-state index contributed by atoms with van der Waals surface area (Å²) in [5.41, 5.74) is 1.78. The van der Waals surface area contributed by atoms with Crippen molar-refractivity contribution >= 4 is 18.0 Å². The Morgan fingerprint density at radius 3 is 2.73 bits per heavy atom. The molecule has 0 aliphatic heterocycles. The molecule has 0 saturated carbocycles. The topological polar surface area (TPSA) is 58.3 Å². The number of nitrogens with zero attached hydrogens (tertiary/aromatic N) is 2. The predicted octanol–water partition coefficient (Wildman–Crippen LogP) is 0.611. The van der Waals surface area contributed by atoms with Gasteiger partial charge in [-0.1, -0.05) is 18.2 Å². The molecule has 0 bridgehead atoms. The van der Waals surface area contributed by atoms with Gasteiger partial charge >= 0.3 is 7.12 Å². The molecule has 0 radical (unpaired) electrons. The maximum atomic E-state index is 8.95. The molecular weight excluding hydrogens is 191 g/mol. The summed E-state index contributed by atoms with van der Waals surface area (Å²) < 4.78 is 1.87. The van der Waals surface area contributed by atoms with E-state index < -0.39 is 7.12 Å². The summed E-state index contributed by atoms with van der Waals surface area (Å²) in [4.78, 5) is 0. The van der Waals surface area contributed by atoms with E-state index >= 15 is 0 Å². The van der Waals surface area contributed by atoms with E-state index in [2.05, 4.69) is 5.10 Å². The Morgan fingerprint density at radius 2 is 2.07 bits per heavy atom. The summed E-state index contributed by atoms with van der Waals surface area (Å²) in [6.07, 6.45) is 0.174. The summed E-state index contributed by atoms with van der Waals surface area (Å²) in [7, 11) is -1.34. The summed E-state index contributed by atoms with van der Waals surface area (Å²) in [5, 5.41) is 23.2. The number of benzene rings is 1. The van der Waals surface area contributed by atoms with Gasteiger partial charge in [0, 0.05) is 18.3 Å². The fraction of sp³-hybridized carbons (Fsp3) is 0.300. The predicted molar refractivity (Wildman–Crippen MR) is 59.3 cm³/mol. The number of rotatable bonds is 3. The number of aromatic nitrogens is 2. The van der Waals surface area contributed by atoms with Crippen LogP contribution in [0.4, 0.5) is 0 Å². The van der Waals surface area contributed by atoms with Crippen molar-refractivity contribution in [3.63, 3.8) is 0 Å². The van der Waals surface area contributed by atoms with Crippen molar-refractivity contribution in [2.75, 3.05) is 0 Å². The van der Waals surface area contributed by atoms with Crippen LogP contribution in [0.2, 0.25) is 0 Å². The number of hydrogen-bond donors (Lipinski definition) is 2. The molecule has 0 atom stereocenters. The molecule has 0 spiro atoms. The third kappa shape index (κ3) is 1.89. The Labute approximate surface area is 88.3 Å². The van der Waals surface area contributed by atoms with Gasteiger partial charge in [-0.25, -0.2) is 0 Å². The summed E-state index contributed by atoms with van der Waals surface area (Å²) in [6.45, 7) is 2.79. The Bertz CT molecular complexity index is 467. The summed E-state index contributed by atoms with van der Waals surface area (Å²) >= 11 is 0. The fourth-order valence-electron chi connectivity index (χ4n) is 1.76. The first kappa shape index (κ1) is 10.2. The van der Waals surface area contributed by atoms with Gasteiger partial charge in [0.25, 0.3) is 0 Å². The van der Waals surface area contributed by atoms with E-state index in [1.165, 1.54) is 0 Å². The fourth-order valence-corrected chi connectivity index (χ4v) is 1.76. The molecule has 0 fully saturated rings. The van der Waals surface area contributed by atoms with Crippen LogP contribution in [0.3, 0.4) is 0 Å². The molecule has 5 heteroatoms. The molecule has 2 N–H and O–H groups in total. The van der Waals surface area contributed by atoms with E-state index in [4.69, 9.17) is 10.0 Å². The SMILES string of the molecule is CCn1nc(CB(O)O)c2ccccc21. The second-order valence-corrected chi connectivity index (χ2v) is 3.46. The average molecular weight is 204 g/mol. The van der Waals surface area contributed by atoms with Gasteiger partial charge in [-0.15, -0.1) is 0 Å². The lowest BCUT2D eigenvalue weighted by Gasteiger charge is -1.95. The number of fused-ring (bicyclic) bond motifs is 1. The van der Waals surface area contributed by atoms with Gasteiger partial charge in [0.15, 0.2) is 0 Å². The van der Waals surface area contributed by atoms with Crippen molar-refractivity contribution in [1.82, 2.24) is 9.78 Å².